The van der Waals surface area contributed by atoms with Crippen molar-refractivity contribution >= 4 is 36.6 Å². The minimum atomic E-state index is -4.69. The van der Waals surface area contributed by atoms with Crippen LogP contribution in [0.25, 0.3) is 11.0 Å². The van der Waals surface area contributed by atoms with E-state index in [0.29, 0.717) is 27.9 Å². The summed E-state index contributed by atoms with van der Waals surface area (Å²) in [6.45, 7) is 0.198. The largest absolute Gasteiger partial charge is 0.524 e. The lowest BCUT2D eigenvalue weighted by Crippen LogP contribution is -2.16. The smallest absolute Gasteiger partial charge is 0.494 e. The molecule has 0 aliphatic carbocycles. The van der Waals surface area contributed by atoms with E-state index in [1.54, 1.807) is 47.0 Å². The summed E-state index contributed by atoms with van der Waals surface area (Å²) in [6.07, 6.45) is 0. The van der Waals surface area contributed by atoms with Crippen molar-refractivity contribution in [1.82, 2.24) is 9.55 Å². The predicted octanol–water partition coefficient (Wildman–Crippen LogP) is 2.92. The lowest BCUT2D eigenvalue weighted by molar-refractivity contribution is 0.0997. The number of amides is 2. The number of nitrogens with two attached hydrogens (primary N) is 1. The Hall–Kier alpha value is -4.18. The number of hydrogen-bond acceptors (Lipinski definition) is 6. The number of benzene rings is 3. The third-order valence-electron chi connectivity index (χ3n) is 5.06. The molecular weight excluding hydrogens is 475 g/mol. The van der Waals surface area contributed by atoms with Crippen LogP contribution in [0.4, 0.5) is 5.95 Å². The average Bonchev–Trinajstić information content (AvgIpc) is 3.16. The standard InChI is InChI=1S/C23H21N4O7P/c1-33-19-12-16(21(24)28)11-18-20(19)27(13-14-7-9-17(10-8-14)34-35(30,31)32)23(25-18)26-22(29)15-5-3-2-4-6-15/h2-12H,13H2,1H3,(H2,24,28)(H,25,26,29)(H2,30,31,32). The molecular formula is C23H21N4O7P. The number of carbonyl (C=O) groups is 2. The lowest BCUT2D eigenvalue weighted by atomic mass is 10.1. The van der Waals surface area contributed by atoms with Crippen LogP contribution in [0.3, 0.4) is 0 Å². The molecule has 0 spiro atoms. The number of hydrogen-bond donors (Lipinski definition) is 4. The van der Waals surface area contributed by atoms with Crippen LogP contribution in [0.15, 0.2) is 66.7 Å². The van der Waals surface area contributed by atoms with Gasteiger partial charge in [-0.3, -0.25) is 24.7 Å². The minimum absolute atomic E-state index is 0.00106. The molecule has 0 saturated heterocycles. The maximum Gasteiger partial charge on any atom is 0.524 e. The van der Waals surface area contributed by atoms with Crippen molar-refractivity contribution < 1.29 is 33.2 Å². The molecule has 35 heavy (non-hydrogen) atoms. The molecule has 180 valence electrons. The Labute approximate surface area is 199 Å². The molecule has 12 heteroatoms. The van der Waals surface area contributed by atoms with Gasteiger partial charge in [-0.15, -0.1) is 0 Å². The third-order valence-corrected chi connectivity index (χ3v) is 5.51. The summed E-state index contributed by atoms with van der Waals surface area (Å²) in [5, 5.41) is 2.79. The van der Waals surface area contributed by atoms with Crippen LogP contribution in [-0.2, 0) is 11.1 Å². The summed E-state index contributed by atoms with van der Waals surface area (Å²) in [7, 11) is -3.25. The van der Waals surface area contributed by atoms with Crippen LogP contribution in [0, 0.1) is 0 Å². The first-order valence-electron chi connectivity index (χ1n) is 10.2. The molecule has 3 aromatic carbocycles. The molecule has 0 unspecified atom stereocenters. The Kier molecular flexibility index (Phi) is 6.57. The van der Waals surface area contributed by atoms with Gasteiger partial charge in [0.25, 0.3) is 5.91 Å². The molecule has 2 amide bonds. The van der Waals surface area contributed by atoms with Gasteiger partial charge in [0.05, 0.1) is 19.2 Å². The summed E-state index contributed by atoms with van der Waals surface area (Å²) in [5.41, 5.74) is 7.66. The Morgan fingerprint density at radius 2 is 1.74 bits per heavy atom. The Morgan fingerprint density at radius 1 is 1.06 bits per heavy atom. The molecule has 0 aliphatic rings. The zero-order valence-electron chi connectivity index (χ0n) is 18.4. The molecule has 0 aliphatic heterocycles. The normalized spacial score (nSPS) is 11.3. The molecule has 11 nitrogen and oxygen atoms in total. The van der Waals surface area contributed by atoms with Gasteiger partial charge in [0.15, 0.2) is 0 Å². The molecule has 0 atom stereocenters. The first kappa shape index (κ1) is 24.0. The maximum atomic E-state index is 12.8. The van der Waals surface area contributed by atoms with E-state index in [1.165, 1.54) is 31.4 Å². The highest BCUT2D eigenvalue weighted by atomic mass is 31.2. The summed E-state index contributed by atoms with van der Waals surface area (Å²) in [6, 6.07) is 17.6. The van der Waals surface area contributed by atoms with Crippen LogP contribution < -0.4 is 20.3 Å². The van der Waals surface area contributed by atoms with E-state index in [-0.39, 0.29) is 29.7 Å². The van der Waals surface area contributed by atoms with Crippen molar-refractivity contribution in [3.05, 3.63) is 83.4 Å². The quantitative estimate of drug-likeness (QED) is 0.270. The third kappa shape index (κ3) is 5.49. The number of fused-ring (bicyclic) bond motifs is 1. The molecule has 1 aromatic heterocycles. The Balaban J connectivity index is 1.78. The summed E-state index contributed by atoms with van der Waals surface area (Å²) < 4.78 is 22.8. The van der Waals surface area contributed by atoms with Gasteiger partial charge in [0, 0.05) is 11.1 Å². The summed E-state index contributed by atoms with van der Waals surface area (Å²) >= 11 is 0. The molecule has 1 heterocycles. The van der Waals surface area contributed by atoms with Gasteiger partial charge in [-0.1, -0.05) is 30.3 Å². The highest BCUT2D eigenvalue weighted by Gasteiger charge is 2.21. The molecule has 4 aromatic rings. The number of nitrogens with zero attached hydrogens (tertiary/aromatic N) is 2. The monoisotopic (exact) mass is 496 g/mol. The number of phosphoric acid groups is 1. The van der Waals surface area contributed by atoms with Gasteiger partial charge in [0.2, 0.25) is 11.9 Å². The van der Waals surface area contributed by atoms with Gasteiger partial charge < -0.3 is 19.6 Å². The second-order valence-electron chi connectivity index (χ2n) is 7.48. The van der Waals surface area contributed by atoms with E-state index < -0.39 is 13.7 Å². The van der Waals surface area contributed by atoms with Crippen molar-refractivity contribution in [2.24, 2.45) is 5.73 Å². The summed E-state index contributed by atoms with van der Waals surface area (Å²) in [4.78, 5) is 47.1. The number of nitrogens with one attached hydrogen (secondary N) is 1. The zero-order valence-corrected chi connectivity index (χ0v) is 19.3. The number of phosphoric ester groups is 1. The van der Waals surface area contributed by atoms with Crippen molar-refractivity contribution in [2.45, 2.75) is 6.54 Å². The van der Waals surface area contributed by atoms with E-state index >= 15 is 0 Å². The van der Waals surface area contributed by atoms with Gasteiger partial charge in [-0.2, -0.15) is 0 Å². The number of rotatable bonds is 8. The lowest BCUT2D eigenvalue weighted by Gasteiger charge is -2.13. The number of aromatic nitrogens is 2. The molecule has 5 N–H and O–H groups in total. The van der Waals surface area contributed by atoms with Gasteiger partial charge in [0.1, 0.15) is 17.0 Å². The van der Waals surface area contributed by atoms with E-state index in [0.717, 1.165) is 0 Å². The summed E-state index contributed by atoms with van der Waals surface area (Å²) in [5.74, 6) is -0.523. The fourth-order valence-electron chi connectivity index (χ4n) is 3.52. The van der Waals surface area contributed by atoms with Crippen LogP contribution >= 0.6 is 7.82 Å². The van der Waals surface area contributed by atoms with Gasteiger partial charge in [-0.25, -0.2) is 9.55 Å². The zero-order chi connectivity index (χ0) is 25.2. The number of ether oxygens (including phenoxy) is 1. The Bertz CT molecular complexity index is 1450. The maximum absolute atomic E-state index is 12.8. The van der Waals surface area contributed by atoms with E-state index in [4.69, 9.17) is 20.3 Å². The molecule has 0 bridgehead atoms. The molecule has 4 rings (SSSR count). The minimum Gasteiger partial charge on any atom is -0.494 e. The van der Waals surface area contributed by atoms with Crippen molar-refractivity contribution in [3.63, 3.8) is 0 Å². The van der Waals surface area contributed by atoms with E-state index in [2.05, 4.69) is 14.8 Å². The SMILES string of the molecule is COc1cc(C(N)=O)cc2nc(NC(=O)c3ccccc3)n(Cc3ccc(OP(=O)(O)O)cc3)c12. The van der Waals surface area contributed by atoms with E-state index in [9.17, 15) is 14.2 Å². The average molecular weight is 496 g/mol. The fraction of sp³-hybridized carbons (Fsp3) is 0.0870. The van der Waals surface area contributed by atoms with Crippen molar-refractivity contribution in [2.75, 3.05) is 12.4 Å². The van der Waals surface area contributed by atoms with Gasteiger partial charge >= 0.3 is 7.82 Å². The van der Waals surface area contributed by atoms with Crippen LogP contribution in [0.1, 0.15) is 26.3 Å². The number of imidazole rings is 1. The number of primary amides is 1. The predicted molar refractivity (Wildman–Crippen MR) is 127 cm³/mol. The van der Waals surface area contributed by atoms with E-state index in [1.807, 2.05) is 0 Å². The van der Waals surface area contributed by atoms with Crippen LogP contribution in [-0.4, -0.2) is 38.3 Å². The second-order valence-corrected chi connectivity index (χ2v) is 8.64. The Morgan fingerprint density at radius 3 is 2.34 bits per heavy atom. The number of carbonyl (C=O) groups excluding carboxylic acids is 2. The van der Waals surface area contributed by atoms with Crippen molar-refractivity contribution in [3.8, 4) is 11.5 Å². The fourth-order valence-corrected chi connectivity index (χ4v) is 3.91. The molecule has 0 fully saturated rings. The first-order valence-corrected chi connectivity index (χ1v) is 11.8. The van der Waals surface area contributed by atoms with Crippen molar-refractivity contribution in [1.29, 1.82) is 0 Å². The topological polar surface area (TPSA) is 166 Å². The van der Waals surface area contributed by atoms with Crippen LogP contribution in [0.5, 0.6) is 11.5 Å². The second kappa shape index (κ2) is 9.59. The molecule has 0 saturated carbocycles. The highest BCUT2D eigenvalue weighted by Crippen LogP contribution is 2.37. The first-order chi connectivity index (χ1) is 16.6. The number of methoxy groups -OCH3 is 1. The highest BCUT2D eigenvalue weighted by molar-refractivity contribution is 7.46. The number of anilines is 1. The van der Waals surface area contributed by atoms with Gasteiger partial charge in [-0.05, 0) is 42.0 Å². The molecule has 0 radical (unpaired) electrons. The van der Waals surface area contributed by atoms with Crippen LogP contribution in [0.2, 0.25) is 0 Å².